The van der Waals surface area contributed by atoms with Gasteiger partial charge in [-0.25, -0.2) is 9.59 Å². The zero-order valence-electron chi connectivity index (χ0n) is 8.66. The molecule has 0 aliphatic carbocycles. The maximum absolute atomic E-state index is 11.4. The first-order valence-electron chi connectivity index (χ1n) is 4.51. The van der Waals surface area contributed by atoms with Crippen LogP contribution in [-0.4, -0.2) is 33.2 Å². The van der Waals surface area contributed by atoms with E-state index in [1.165, 1.54) is 24.3 Å². The van der Waals surface area contributed by atoms with Gasteiger partial charge in [-0.1, -0.05) is 6.58 Å². The van der Waals surface area contributed by atoms with Crippen LogP contribution in [-0.2, 0) is 4.74 Å². The Bertz CT molecular complexity index is 446. The Morgan fingerprint density at radius 2 is 1.65 bits per heavy atom. The smallest absolute Gasteiger partial charge is 0.346 e. The molecule has 0 unspecified atom stereocenters. The normalized spacial score (nSPS) is 10.7. The van der Waals surface area contributed by atoms with Crippen molar-refractivity contribution in [3.05, 3.63) is 48.0 Å². The molecule has 0 saturated heterocycles. The number of benzene rings is 1. The first-order chi connectivity index (χ1) is 7.85. The number of esters is 1. The van der Waals surface area contributed by atoms with Crippen LogP contribution in [0, 0.1) is 0 Å². The predicted octanol–water partition coefficient (Wildman–Crippen LogP) is 0.366. The highest BCUT2D eigenvalue weighted by Gasteiger charge is 2.24. The highest BCUT2D eigenvalue weighted by Crippen LogP contribution is 2.10. The first kappa shape index (κ1) is 12.9. The minimum absolute atomic E-state index is 0.00420. The second-order valence-corrected chi connectivity index (χ2v) is 3.13. The summed E-state index contributed by atoms with van der Waals surface area (Å²) in [6.45, 7) is 3.06. The summed E-state index contributed by atoms with van der Waals surface area (Å²) in [4.78, 5) is 21.9. The van der Waals surface area contributed by atoms with Gasteiger partial charge in [0.2, 0.25) is 0 Å². The van der Waals surface area contributed by atoms with Crippen LogP contribution in [0.3, 0.4) is 0 Å². The second kappa shape index (κ2) is 4.77. The molecule has 90 valence electrons. The van der Waals surface area contributed by atoms with E-state index in [0.29, 0.717) is 6.08 Å². The molecule has 0 atom stereocenters. The average molecular weight is 238 g/mol. The molecule has 0 aliphatic heterocycles. The molecule has 1 rings (SSSR count). The topological polar surface area (TPSA) is 104 Å². The number of aliphatic hydroxyl groups is 2. The van der Waals surface area contributed by atoms with Crippen LogP contribution in [0.4, 0.5) is 0 Å². The van der Waals surface area contributed by atoms with Crippen molar-refractivity contribution in [3.8, 4) is 0 Å². The van der Waals surface area contributed by atoms with E-state index in [1.54, 1.807) is 0 Å². The lowest BCUT2D eigenvalue weighted by atomic mass is 10.1. The number of carboxylic acid groups (broad SMARTS) is 1. The van der Waals surface area contributed by atoms with Crippen LogP contribution in [0.5, 0.6) is 0 Å². The summed E-state index contributed by atoms with van der Waals surface area (Å²) in [6.07, 6.45) is 0.635. The third-order valence-corrected chi connectivity index (χ3v) is 1.88. The van der Waals surface area contributed by atoms with Crippen molar-refractivity contribution < 1.29 is 29.6 Å². The molecule has 0 aromatic heterocycles. The van der Waals surface area contributed by atoms with Gasteiger partial charge in [-0.3, -0.25) is 0 Å². The monoisotopic (exact) mass is 238 g/mol. The number of hydrogen-bond acceptors (Lipinski definition) is 5. The van der Waals surface area contributed by atoms with Crippen LogP contribution < -0.4 is 0 Å². The van der Waals surface area contributed by atoms with Gasteiger partial charge in [-0.2, -0.15) is 0 Å². The molecule has 0 fully saturated rings. The Balaban J connectivity index is 2.84. The van der Waals surface area contributed by atoms with Gasteiger partial charge in [0, 0.05) is 6.08 Å². The minimum atomic E-state index is -2.75. The molecule has 6 nitrogen and oxygen atoms in total. The molecule has 0 heterocycles. The molecule has 6 heteroatoms. The van der Waals surface area contributed by atoms with E-state index >= 15 is 0 Å². The molecule has 17 heavy (non-hydrogen) atoms. The number of hydrogen-bond donors (Lipinski definition) is 3. The summed E-state index contributed by atoms with van der Waals surface area (Å²) in [5.41, 5.74) is -0.00569. The van der Waals surface area contributed by atoms with Crippen LogP contribution in [0.1, 0.15) is 20.7 Å². The van der Waals surface area contributed by atoms with Crippen LogP contribution in [0.15, 0.2) is 36.9 Å². The molecule has 0 spiro atoms. The summed E-state index contributed by atoms with van der Waals surface area (Å²) in [6, 6.07) is 4.79. The summed E-state index contributed by atoms with van der Waals surface area (Å²) in [7, 11) is 0. The lowest BCUT2D eigenvalue weighted by Gasteiger charge is -2.16. The van der Waals surface area contributed by atoms with Crippen molar-refractivity contribution in [1.82, 2.24) is 0 Å². The van der Waals surface area contributed by atoms with Gasteiger partial charge in [-0.05, 0) is 24.3 Å². The predicted molar refractivity (Wildman–Crippen MR) is 56.2 cm³/mol. The van der Waals surface area contributed by atoms with Crippen LogP contribution in [0.25, 0.3) is 0 Å². The molecule has 1 aromatic rings. The van der Waals surface area contributed by atoms with Crippen molar-refractivity contribution in [2.24, 2.45) is 0 Å². The van der Waals surface area contributed by atoms with E-state index in [2.05, 4.69) is 11.3 Å². The van der Waals surface area contributed by atoms with Gasteiger partial charge < -0.3 is 20.1 Å². The molecule has 0 bridgehead atoms. The maximum atomic E-state index is 11.4. The van der Waals surface area contributed by atoms with Gasteiger partial charge in [0.1, 0.15) is 0 Å². The number of ether oxygens (including phenoxy) is 1. The molecule has 0 saturated carbocycles. The molecular formula is C11H10O6. The van der Waals surface area contributed by atoms with Crippen molar-refractivity contribution in [2.75, 3.05) is 0 Å². The quantitative estimate of drug-likeness (QED) is 0.397. The average Bonchev–Trinajstić information content (AvgIpc) is 2.28. The zero-order chi connectivity index (χ0) is 13.1. The highest BCUT2D eigenvalue weighted by atomic mass is 16.8. The third kappa shape index (κ3) is 3.40. The van der Waals surface area contributed by atoms with Crippen molar-refractivity contribution in [2.45, 2.75) is 5.97 Å². The minimum Gasteiger partial charge on any atom is -0.478 e. The SMILES string of the molecule is C=CC(O)(O)OC(=O)c1ccc(C(=O)O)cc1. The Morgan fingerprint density at radius 1 is 1.18 bits per heavy atom. The lowest BCUT2D eigenvalue weighted by Crippen LogP contribution is -2.31. The molecule has 0 aliphatic rings. The number of carboxylic acids is 1. The summed E-state index contributed by atoms with van der Waals surface area (Å²) >= 11 is 0. The van der Waals surface area contributed by atoms with Crippen LogP contribution in [0.2, 0.25) is 0 Å². The Kier molecular flexibility index (Phi) is 3.62. The highest BCUT2D eigenvalue weighted by molar-refractivity contribution is 5.92. The van der Waals surface area contributed by atoms with E-state index < -0.39 is 17.9 Å². The fourth-order valence-corrected chi connectivity index (χ4v) is 0.986. The fourth-order valence-electron chi connectivity index (χ4n) is 0.986. The van der Waals surface area contributed by atoms with Crippen molar-refractivity contribution in [1.29, 1.82) is 0 Å². The number of carbonyl (C=O) groups is 2. The van der Waals surface area contributed by atoms with E-state index in [-0.39, 0.29) is 11.1 Å². The van der Waals surface area contributed by atoms with Gasteiger partial charge >= 0.3 is 17.9 Å². The Morgan fingerprint density at radius 3 is 2.06 bits per heavy atom. The Hall–Kier alpha value is -2.18. The van der Waals surface area contributed by atoms with E-state index in [4.69, 9.17) is 15.3 Å². The lowest BCUT2D eigenvalue weighted by molar-refractivity contribution is -0.270. The molecule has 0 amide bonds. The second-order valence-electron chi connectivity index (χ2n) is 3.13. The van der Waals surface area contributed by atoms with Gasteiger partial charge in [0.25, 0.3) is 0 Å². The van der Waals surface area contributed by atoms with Gasteiger partial charge in [-0.15, -0.1) is 0 Å². The Labute approximate surface area is 96.4 Å². The molecule has 1 aromatic carbocycles. The van der Waals surface area contributed by atoms with E-state index in [1.807, 2.05) is 0 Å². The third-order valence-electron chi connectivity index (χ3n) is 1.88. The zero-order valence-corrected chi connectivity index (χ0v) is 8.66. The number of rotatable bonds is 4. The summed E-state index contributed by atoms with van der Waals surface area (Å²) in [5.74, 6) is -4.88. The largest absolute Gasteiger partial charge is 0.478 e. The summed E-state index contributed by atoms with van der Waals surface area (Å²) in [5, 5.41) is 26.6. The first-order valence-corrected chi connectivity index (χ1v) is 4.51. The molecule has 3 N–H and O–H groups in total. The van der Waals surface area contributed by atoms with Gasteiger partial charge in [0.15, 0.2) is 0 Å². The number of aromatic carboxylic acids is 1. The van der Waals surface area contributed by atoms with E-state index in [9.17, 15) is 9.59 Å². The molecule has 0 radical (unpaired) electrons. The summed E-state index contributed by atoms with van der Waals surface area (Å²) < 4.78 is 4.28. The van der Waals surface area contributed by atoms with E-state index in [0.717, 1.165) is 0 Å². The number of carbonyl (C=O) groups excluding carboxylic acids is 1. The van der Waals surface area contributed by atoms with Crippen molar-refractivity contribution in [3.63, 3.8) is 0 Å². The van der Waals surface area contributed by atoms with Gasteiger partial charge in [0.05, 0.1) is 11.1 Å². The standard InChI is InChI=1S/C11H10O6/c1-2-11(15,16)17-10(14)8-5-3-7(4-6-8)9(12)13/h2-6,15-16H,1H2,(H,12,13). The van der Waals surface area contributed by atoms with Crippen LogP contribution >= 0.6 is 0 Å². The van der Waals surface area contributed by atoms with Crippen molar-refractivity contribution >= 4 is 11.9 Å². The maximum Gasteiger partial charge on any atom is 0.346 e. The fraction of sp³-hybridized carbons (Fsp3) is 0.0909. The molecular weight excluding hydrogens is 228 g/mol.